The number of carbonyl (C=O) groups excluding carboxylic acids is 1. The minimum atomic E-state index is -0.620. The van der Waals surface area contributed by atoms with Crippen LogP contribution in [0.1, 0.15) is 25.3 Å². The molecule has 0 aliphatic carbocycles. The molecule has 0 heterocycles. The Morgan fingerprint density at radius 2 is 2.25 bits per heavy atom. The molecule has 0 aliphatic heterocycles. The van der Waals surface area contributed by atoms with Gasteiger partial charge in [0.25, 0.3) is 0 Å². The molecule has 6 nitrogen and oxygen atoms in total. The van der Waals surface area contributed by atoms with Crippen LogP contribution < -0.4 is 10.5 Å². The molecular weight excluding hydrogens is 267 g/mol. The molecule has 0 saturated heterocycles. The first kappa shape index (κ1) is 15.7. The minimum Gasteiger partial charge on any atom is -0.491 e. The van der Waals surface area contributed by atoms with Crippen LogP contribution in [0.25, 0.3) is 0 Å². The molecule has 20 heavy (non-hydrogen) atoms. The topological polar surface area (TPSA) is 94.1 Å². The van der Waals surface area contributed by atoms with E-state index in [1.54, 1.807) is 6.92 Å². The maximum atomic E-state index is 13.6. The standard InChI is InChI=1S/C13H17FN2O4/c1-2-19-12(17)4-3-7-20-11-6-5-9(8-10(11)14)13(15)16-18/h5-6,8,18H,2-4,7H2,1H3,(H2,15,16). The van der Waals surface area contributed by atoms with Gasteiger partial charge >= 0.3 is 5.97 Å². The van der Waals surface area contributed by atoms with Crippen molar-refractivity contribution in [3.05, 3.63) is 29.6 Å². The molecule has 0 fully saturated rings. The molecule has 0 saturated carbocycles. The van der Waals surface area contributed by atoms with Crippen molar-refractivity contribution < 1.29 is 23.9 Å². The Bertz CT molecular complexity index is 491. The van der Waals surface area contributed by atoms with Crippen LogP contribution in [0.2, 0.25) is 0 Å². The van der Waals surface area contributed by atoms with Crippen LogP contribution in [0.4, 0.5) is 4.39 Å². The summed E-state index contributed by atoms with van der Waals surface area (Å²) in [5, 5.41) is 11.3. The second-order valence-electron chi connectivity index (χ2n) is 3.89. The number of amidine groups is 1. The van der Waals surface area contributed by atoms with Crippen molar-refractivity contribution in [3.63, 3.8) is 0 Å². The fourth-order valence-electron chi connectivity index (χ4n) is 1.47. The van der Waals surface area contributed by atoms with Gasteiger partial charge in [0.15, 0.2) is 17.4 Å². The molecule has 0 bridgehead atoms. The van der Waals surface area contributed by atoms with Crippen LogP contribution in [-0.4, -0.2) is 30.2 Å². The molecule has 1 rings (SSSR count). The van der Waals surface area contributed by atoms with Gasteiger partial charge in [0, 0.05) is 12.0 Å². The van der Waals surface area contributed by atoms with Crippen molar-refractivity contribution in [2.24, 2.45) is 10.9 Å². The lowest BCUT2D eigenvalue weighted by molar-refractivity contribution is -0.143. The predicted molar refractivity (Wildman–Crippen MR) is 70.3 cm³/mol. The number of nitrogens with zero attached hydrogens (tertiary/aromatic N) is 1. The van der Waals surface area contributed by atoms with Crippen LogP contribution in [0, 0.1) is 5.82 Å². The lowest BCUT2D eigenvalue weighted by atomic mass is 10.2. The van der Waals surface area contributed by atoms with E-state index in [9.17, 15) is 9.18 Å². The number of esters is 1. The van der Waals surface area contributed by atoms with Gasteiger partial charge in [-0.05, 0) is 31.5 Å². The summed E-state index contributed by atoms with van der Waals surface area (Å²) >= 11 is 0. The molecular formula is C13H17FN2O4. The van der Waals surface area contributed by atoms with E-state index in [0.29, 0.717) is 13.0 Å². The quantitative estimate of drug-likeness (QED) is 0.198. The summed E-state index contributed by atoms with van der Waals surface area (Å²) in [6.07, 6.45) is 0.651. The summed E-state index contributed by atoms with van der Waals surface area (Å²) < 4.78 is 23.6. The van der Waals surface area contributed by atoms with Crippen molar-refractivity contribution in [1.82, 2.24) is 0 Å². The summed E-state index contributed by atoms with van der Waals surface area (Å²) in [7, 11) is 0. The minimum absolute atomic E-state index is 0.0448. The van der Waals surface area contributed by atoms with E-state index in [-0.39, 0.29) is 36.1 Å². The van der Waals surface area contributed by atoms with Gasteiger partial charge < -0.3 is 20.4 Å². The molecule has 1 aromatic rings. The largest absolute Gasteiger partial charge is 0.491 e. The SMILES string of the molecule is CCOC(=O)CCCOc1ccc(/C(N)=N/O)cc1F. The highest BCUT2D eigenvalue weighted by Gasteiger charge is 2.08. The van der Waals surface area contributed by atoms with Crippen molar-refractivity contribution >= 4 is 11.8 Å². The molecule has 110 valence electrons. The first-order valence-corrected chi connectivity index (χ1v) is 6.14. The van der Waals surface area contributed by atoms with Crippen molar-refractivity contribution in [2.45, 2.75) is 19.8 Å². The van der Waals surface area contributed by atoms with Crippen LogP contribution >= 0.6 is 0 Å². The number of oxime groups is 1. The molecule has 0 amide bonds. The first-order valence-electron chi connectivity index (χ1n) is 6.14. The summed E-state index contributed by atoms with van der Waals surface area (Å²) in [6, 6.07) is 3.96. The average Bonchev–Trinajstić information content (AvgIpc) is 2.44. The fourth-order valence-corrected chi connectivity index (χ4v) is 1.47. The Morgan fingerprint density at radius 3 is 2.85 bits per heavy atom. The smallest absolute Gasteiger partial charge is 0.305 e. The fraction of sp³-hybridized carbons (Fsp3) is 0.385. The van der Waals surface area contributed by atoms with E-state index in [4.69, 9.17) is 20.4 Å². The number of rotatable bonds is 7. The van der Waals surface area contributed by atoms with Gasteiger partial charge in [-0.1, -0.05) is 5.16 Å². The second kappa shape index (κ2) is 7.98. The number of ether oxygens (including phenoxy) is 2. The number of carbonyl (C=O) groups is 1. The molecule has 0 radical (unpaired) electrons. The van der Waals surface area contributed by atoms with E-state index < -0.39 is 5.82 Å². The van der Waals surface area contributed by atoms with Gasteiger partial charge in [-0.2, -0.15) is 0 Å². The zero-order valence-corrected chi connectivity index (χ0v) is 11.1. The first-order chi connectivity index (χ1) is 9.58. The van der Waals surface area contributed by atoms with Gasteiger partial charge in [-0.15, -0.1) is 0 Å². The Labute approximate surface area is 116 Å². The number of benzene rings is 1. The Kier molecular flexibility index (Phi) is 6.28. The maximum Gasteiger partial charge on any atom is 0.305 e. The number of nitrogens with two attached hydrogens (primary N) is 1. The predicted octanol–water partition coefficient (Wildman–Crippen LogP) is 1.64. The Hall–Kier alpha value is -2.31. The zero-order chi connectivity index (χ0) is 15.0. The van der Waals surface area contributed by atoms with Crippen molar-refractivity contribution in [1.29, 1.82) is 0 Å². The lowest BCUT2D eigenvalue weighted by Gasteiger charge is -2.08. The lowest BCUT2D eigenvalue weighted by Crippen LogP contribution is -2.13. The van der Waals surface area contributed by atoms with Gasteiger partial charge in [0.1, 0.15) is 0 Å². The average molecular weight is 284 g/mol. The van der Waals surface area contributed by atoms with E-state index in [1.807, 2.05) is 0 Å². The molecule has 7 heteroatoms. The summed E-state index contributed by atoms with van der Waals surface area (Å²) in [6.45, 7) is 2.26. The van der Waals surface area contributed by atoms with E-state index in [0.717, 1.165) is 6.07 Å². The number of hydrogen-bond acceptors (Lipinski definition) is 5. The number of halogens is 1. The van der Waals surface area contributed by atoms with Crippen LogP contribution in [0.5, 0.6) is 5.75 Å². The highest BCUT2D eigenvalue weighted by atomic mass is 19.1. The number of hydrogen-bond donors (Lipinski definition) is 2. The Balaban J connectivity index is 2.47. The molecule has 3 N–H and O–H groups in total. The van der Waals surface area contributed by atoms with Crippen molar-refractivity contribution in [3.8, 4) is 5.75 Å². The third-order valence-corrected chi connectivity index (χ3v) is 2.42. The van der Waals surface area contributed by atoms with Crippen LogP contribution in [-0.2, 0) is 9.53 Å². The van der Waals surface area contributed by atoms with Crippen LogP contribution in [0.15, 0.2) is 23.4 Å². The van der Waals surface area contributed by atoms with Gasteiger partial charge in [-0.25, -0.2) is 4.39 Å². The summed E-state index contributed by atoms with van der Waals surface area (Å²) in [5.74, 6) is -1.06. The highest BCUT2D eigenvalue weighted by Crippen LogP contribution is 2.18. The highest BCUT2D eigenvalue weighted by molar-refractivity contribution is 5.97. The van der Waals surface area contributed by atoms with E-state index in [1.165, 1.54) is 12.1 Å². The van der Waals surface area contributed by atoms with Crippen molar-refractivity contribution in [2.75, 3.05) is 13.2 Å². The van der Waals surface area contributed by atoms with Gasteiger partial charge in [0.2, 0.25) is 0 Å². The summed E-state index contributed by atoms with van der Waals surface area (Å²) in [4.78, 5) is 11.1. The van der Waals surface area contributed by atoms with E-state index in [2.05, 4.69) is 5.16 Å². The molecule has 0 spiro atoms. The third kappa shape index (κ3) is 4.75. The monoisotopic (exact) mass is 284 g/mol. The van der Waals surface area contributed by atoms with Gasteiger partial charge in [0.05, 0.1) is 13.2 Å². The third-order valence-electron chi connectivity index (χ3n) is 2.42. The van der Waals surface area contributed by atoms with E-state index >= 15 is 0 Å². The molecule has 0 atom stereocenters. The van der Waals surface area contributed by atoms with Gasteiger partial charge in [-0.3, -0.25) is 4.79 Å². The second-order valence-corrected chi connectivity index (χ2v) is 3.89. The summed E-state index contributed by atoms with van der Waals surface area (Å²) in [5.41, 5.74) is 5.59. The molecule has 1 aromatic carbocycles. The maximum absolute atomic E-state index is 13.6. The Morgan fingerprint density at radius 1 is 1.50 bits per heavy atom. The van der Waals surface area contributed by atoms with Crippen LogP contribution in [0.3, 0.4) is 0 Å². The molecule has 0 unspecified atom stereocenters. The molecule has 0 aromatic heterocycles. The normalized spacial score (nSPS) is 11.2. The zero-order valence-electron chi connectivity index (χ0n) is 11.1. The molecule has 0 aliphatic rings.